The molecule has 1 aliphatic rings. The average molecular weight is 483 g/mol. The Labute approximate surface area is 207 Å². The van der Waals surface area contributed by atoms with Crippen LogP contribution in [0.2, 0.25) is 0 Å². The molecule has 7 nitrogen and oxygen atoms in total. The Bertz CT molecular complexity index is 1570. The molecule has 2 aromatic carbocycles. The number of aromatic amines is 1. The summed E-state index contributed by atoms with van der Waals surface area (Å²) in [6.45, 7) is 2.59. The van der Waals surface area contributed by atoms with Gasteiger partial charge in [0.25, 0.3) is 5.91 Å². The van der Waals surface area contributed by atoms with Crippen molar-refractivity contribution in [3.8, 4) is 11.3 Å². The maximum atomic E-state index is 14.4. The maximum Gasteiger partial charge on any atom is 0.251 e. The number of rotatable bonds is 5. The minimum absolute atomic E-state index is 0.0743. The number of aromatic nitrogens is 5. The number of carbonyl (C=O) groups excluding carboxylic acids is 1. The van der Waals surface area contributed by atoms with E-state index in [0.717, 1.165) is 58.9 Å². The van der Waals surface area contributed by atoms with Gasteiger partial charge >= 0.3 is 0 Å². The Kier molecular flexibility index (Phi) is 5.71. The predicted octanol–water partition coefficient (Wildman–Crippen LogP) is 5.41. The SMILES string of the molecule is Cc1cc(-c2n[nH]c3ccc(C(=O)NC4CCCC(Cn5ncc6cccc(F)c65)C4)cc23)ccn1. The highest BCUT2D eigenvalue weighted by Gasteiger charge is 2.25. The second kappa shape index (κ2) is 9.18. The molecular formula is C28H27FN6O. The molecule has 0 bridgehead atoms. The van der Waals surface area contributed by atoms with E-state index in [0.29, 0.717) is 23.5 Å². The largest absolute Gasteiger partial charge is 0.349 e. The zero-order chi connectivity index (χ0) is 24.6. The fraction of sp³-hybridized carbons (Fsp3) is 0.286. The normalized spacial score (nSPS) is 18.1. The van der Waals surface area contributed by atoms with Crippen LogP contribution in [-0.2, 0) is 6.54 Å². The molecule has 3 aromatic heterocycles. The molecule has 0 aliphatic heterocycles. The lowest BCUT2D eigenvalue weighted by atomic mass is 9.85. The van der Waals surface area contributed by atoms with E-state index in [2.05, 4.69) is 25.6 Å². The highest BCUT2D eigenvalue weighted by Crippen LogP contribution is 2.29. The molecule has 0 saturated heterocycles. The fourth-order valence-electron chi connectivity index (χ4n) is 5.41. The van der Waals surface area contributed by atoms with Crippen LogP contribution in [0.5, 0.6) is 0 Å². The van der Waals surface area contributed by atoms with Crippen molar-refractivity contribution in [2.24, 2.45) is 5.92 Å². The van der Waals surface area contributed by atoms with E-state index in [1.807, 2.05) is 43.3 Å². The van der Waals surface area contributed by atoms with Crippen LogP contribution in [0, 0.1) is 18.7 Å². The van der Waals surface area contributed by atoms with Gasteiger partial charge in [0.2, 0.25) is 0 Å². The zero-order valence-electron chi connectivity index (χ0n) is 20.0. The van der Waals surface area contributed by atoms with Crippen LogP contribution in [0.25, 0.3) is 33.1 Å². The third-order valence-electron chi connectivity index (χ3n) is 7.16. The van der Waals surface area contributed by atoms with E-state index in [4.69, 9.17) is 0 Å². The first-order valence-electron chi connectivity index (χ1n) is 12.4. The van der Waals surface area contributed by atoms with Crippen LogP contribution in [0.4, 0.5) is 4.39 Å². The number of fused-ring (bicyclic) bond motifs is 2. The summed E-state index contributed by atoms with van der Waals surface area (Å²) in [5.41, 5.74) is 4.73. The number of H-pyrrole nitrogens is 1. The van der Waals surface area contributed by atoms with Gasteiger partial charge in [-0.25, -0.2) is 4.39 Å². The minimum Gasteiger partial charge on any atom is -0.349 e. The Morgan fingerprint density at radius 2 is 2.11 bits per heavy atom. The van der Waals surface area contributed by atoms with E-state index < -0.39 is 0 Å². The number of para-hydroxylation sites is 1. The monoisotopic (exact) mass is 482 g/mol. The molecule has 36 heavy (non-hydrogen) atoms. The zero-order valence-corrected chi connectivity index (χ0v) is 20.0. The van der Waals surface area contributed by atoms with Crippen LogP contribution in [0.1, 0.15) is 41.7 Å². The minimum atomic E-state index is -0.249. The number of halogens is 1. The summed E-state index contributed by atoms with van der Waals surface area (Å²) in [4.78, 5) is 17.5. The van der Waals surface area contributed by atoms with Gasteiger partial charge in [-0.3, -0.25) is 19.6 Å². The van der Waals surface area contributed by atoms with E-state index in [1.54, 1.807) is 23.1 Å². The molecule has 1 aliphatic carbocycles. The number of nitrogens with one attached hydrogen (secondary N) is 2. The lowest BCUT2D eigenvalue weighted by Gasteiger charge is -2.30. The van der Waals surface area contributed by atoms with E-state index in [1.165, 1.54) is 6.07 Å². The lowest BCUT2D eigenvalue weighted by molar-refractivity contribution is 0.0917. The van der Waals surface area contributed by atoms with Crippen LogP contribution in [0.15, 0.2) is 60.9 Å². The van der Waals surface area contributed by atoms with E-state index in [-0.39, 0.29) is 17.8 Å². The van der Waals surface area contributed by atoms with Crippen LogP contribution < -0.4 is 5.32 Å². The van der Waals surface area contributed by atoms with E-state index >= 15 is 0 Å². The summed E-state index contributed by atoms with van der Waals surface area (Å²) >= 11 is 0. The van der Waals surface area contributed by atoms with Gasteiger partial charge in [0.05, 0.1) is 11.7 Å². The molecule has 5 aromatic rings. The summed E-state index contributed by atoms with van der Waals surface area (Å²) in [5.74, 6) is -0.0116. The Balaban J connectivity index is 1.17. The van der Waals surface area contributed by atoms with Crippen molar-refractivity contribution in [3.05, 3.63) is 78.0 Å². The summed E-state index contributed by atoms with van der Waals surface area (Å²) in [6, 6.07) is 14.7. The van der Waals surface area contributed by atoms with Gasteiger partial charge in [-0.05, 0) is 68.5 Å². The molecule has 6 rings (SSSR count). The van der Waals surface area contributed by atoms with Gasteiger partial charge in [0, 0.05) is 46.4 Å². The Morgan fingerprint density at radius 1 is 1.19 bits per heavy atom. The number of amides is 1. The van der Waals surface area contributed by atoms with Gasteiger partial charge in [0.15, 0.2) is 0 Å². The first kappa shape index (κ1) is 22.4. The molecule has 182 valence electrons. The van der Waals surface area contributed by atoms with Crippen molar-refractivity contribution in [1.29, 1.82) is 0 Å². The summed E-state index contributed by atoms with van der Waals surface area (Å²) in [5, 5.41) is 16.9. The lowest BCUT2D eigenvalue weighted by Crippen LogP contribution is -2.39. The van der Waals surface area contributed by atoms with Gasteiger partial charge in [-0.1, -0.05) is 18.6 Å². The number of aryl methyl sites for hydroxylation is 1. The van der Waals surface area contributed by atoms with Crippen LogP contribution in [-0.4, -0.2) is 36.9 Å². The second-order valence-electron chi connectivity index (χ2n) is 9.73. The summed E-state index contributed by atoms with van der Waals surface area (Å²) < 4.78 is 16.2. The summed E-state index contributed by atoms with van der Waals surface area (Å²) in [7, 11) is 0. The highest BCUT2D eigenvalue weighted by molar-refractivity contribution is 6.01. The molecular weight excluding hydrogens is 455 g/mol. The smallest absolute Gasteiger partial charge is 0.251 e. The standard InChI is InChI=1S/C28H27FN6O/c1-17-12-19(10-11-30-17)26-23-14-20(8-9-25(23)33-34-26)28(36)32-22-6-2-4-18(13-22)16-35-27-21(15-31-35)5-3-7-24(27)29/h3,5,7-12,14-15,18,22H,2,4,6,13,16H2,1H3,(H,32,36)(H,33,34). The average Bonchev–Trinajstić information content (AvgIpc) is 3.49. The van der Waals surface area contributed by atoms with Crippen LogP contribution >= 0.6 is 0 Å². The molecule has 2 unspecified atom stereocenters. The number of carbonyl (C=O) groups is 1. The van der Waals surface area contributed by atoms with Crippen molar-refractivity contribution < 1.29 is 9.18 Å². The first-order valence-corrected chi connectivity index (χ1v) is 12.4. The second-order valence-corrected chi connectivity index (χ2v) is 9.73. The number of pyridine rings is 1. The van der Waals surface area contributed by atoms with Gasteiger partial charge < -0.3 is 5.32 Å². The fourth-order valence-corrected chi connectivity index (χ4v) is 5.41. The molecule has 3 heterocycles. The molecule has 2 N–H and O–H groups in total. The number of nitrogens with zero attached hydrogens (tertiary/aromatic N) is 4. The maximum absolute atomic E-state index is 14.4. The van der Waals surface area contributed by atoms with Gasteiger partial charge in [-0.2, -0.15) is 10.2 Å². The van der Waals surface area contributed by atoms with Crippen molar-refractivity contribution in [3.63, 3.8) is 0 Å². The van der Waals surface area contributed by atoms with Crippen molar-refractivity contribution >= 4 is 27.7 Å². The Hall–Kier alpha value is -4.07. The molecule has 1 fully saturated rings. The van der Waals surface area contributed by atoms with E-state index in [9.17, 15) is 9.18 Å². The topological polar surface area (TPSA) is 88.5 Å². The quantitative estimate of drug-likeness (QED) is 0.351. The van der Waals surface area contributed by atoms with Crippen molar-refractivity contribution in [1.82, 2.24) is 30.3 Å². The third kappa shape index (κ3) is 4.23. The molecule has 0 spiro atoms. The molecule has 2 atom stereocenters. The number of benzene rings is 2. The Morgan fingerprint density at radius 3 is 3.00 bits per heavy atom. The third-order valence-corrected chi connectivity index (χ3v) is 7.16. The van der Waals surface area contributed by atoms with Crippen molar-refractivity contribution in [2.45, 2.75) is 45.2 Å². The van der Waals surface area contributed by atoms with Gasteiger partial charge in [0.1, 0.15) is 17.0 Å². The first-order chi connectivity index (χ1) is 17.5. The number of hydrogen-bond acceptors (Lipinski definition) is 4. The van der Waals surface area contributed by atoms with Crippen molar-refractivity contribution in [2.75, 3.05) is 0 Å². The van der Waals surface area contributed by atoms with Crippen LogP contribution in [0.3, 0.4) is 0 Å². The number of hydrogen-bond donors (Lipinski definition) is 2. The molecule has 1 amide bonds. The molecule has 1 saturated carbocycles. The van der Waals surface area contributed by atoms with Gasteiger partial charge in [-0.15, -0.1) is 0 Å². The highest BCUT2D eigenvalue weighted by atomic mass is 19.1. The summed E-state index contributed by atoms with van der Waals surface area (Å²) in [6.07, 6.45) is 7.32. The predicted molar refractivity (Wildman–Crippen MR) is 137 cm³/mol. The molecule has 0 radical (unpaired) electrons. The molecule has 8 heteroatoms.